The van der Waals surface area contributed by atoms with E-state index >= 15 is 0 Å². The SMILES string of the molecule is CCOC(=O)COc1ccc(NC(=O)c2ccc(N3CCN(C(=O)OC(C)(C)C)CC3)cc2)c(C)c1. The van der Waals surface area contributed by atoms with E-state index < -0.39 is 11.6 Å². The third kappa shape index (κ3) is 7.63. The molecule has 0 aliphatic carbocycles. The van der Waals surface area contributed by atoms with Gasteiger partial charge in [0.15, 0.2) is 6.61 Å². The fourth-order valence-electron chi connectivity index (χ4n) is 3.70. The molecule has 3 rings (SSSR count). The highest BCUT2D eigenvalue weighted by atomic mass is 16.6. The Labute approximate surface area is 212 Å². The van der Waals surface area contributed by atoms with Gasteiger partial charge in [0, 0.05) is 43.1 Å². The molecule has 9 heteroatoms. The molecule has 0 aromatic heterocycles. The molecule has 1 aliphatic rings. The van der Waals surface area contributed by atoms with E-state index in [0.717, 1.165) is 11.3 Å². The Morgan fingerprint density at radius 1 is 0.972 bits per heavy atom. The lowest BCUT2D eigenvalue weighted by molar-refractivity contribution is -0.145. The molecule has 1 N–H and O–H groups in total. The van der Waals surface area contributed by atoms with Gasteiger partial charge in [-0.2, -0.15) is 0 Å². The zero-order valence-electron chi connectivity index (χ0n) is 21.6. The van der Waals surface area contributed by atoms with E-state index in [1.807, 2.05) is 39.8 Å². The molecule has 0 saturated carbocycles. The van der Waals surface area contributed by atoms with Crippen LogP contribution < -0.4 is 15.0 Å². The van der Waals surface area contributed by atoms with Crippen LogP contribution in [0.15, 0.2) is 42.5 Å². The van der Waals surface area contributed by atoms with Crippen LogP contribution in [0, 0.1) is 6.92 Å². The van der Waals surface area contributed by atoms with Gasteiger partial charge in [-0.3, -0.25) is 4.79 Å². The average Bonchev–Trinajstić information content (AvgIpc) is 2.83. The second kappa shape index (κ2) is 11.8. The standard InChI is InChI=1S/C27H35N3O6/c1-6-34-24(31)18-35-22-11-12-23(19(2)17-22)28-25(32)20-7-9-21(10-8-20)29-13-15-30(16-14-29)26(33)36-27(3,4)5/h7-12,17H,6,13-16,18H2,1-5H3,(H,28,32). The highest BCUT2D eigenvalue weighted by Gasteiger charge is 2.26. The van der Waals surface area contributed by atoms with Crippen LogP contribution in [-0.2, 0) is 14.3 Å². The molecule has 2 amide bonds. The summed E-state index contributed by atoms with van der Waals surface area (Å²) in [7, 11) is 0. The fourth-order valence-corrected chi connectivity index (χ4v) is 3.70. The van der Waals surface area contributed by atoms with Crippen LogP contribution in [0.4, 0.5) is 16.2 Å². The van der Waals surface area contributed by atoms with E-state index in [1.54, 1.807) is 42.2 Å². The van der Waals surface area contributed by atoms with Crippen molar-refractivity contribution in [2.45, 2.75) is 40.2 Å². The lowest BCUT2D eigenvalue weighted by atomic mass is 10.1. The third-order valence-corrected chi connectivity index (χ3v) is 5.53. The minimum Gasteiger partial charge on any atom is -0.482 e. The number of amides is 2. The van der Waals surface area contributed by atoms with Crippen molar-refractivity contribution in [2.75, 3.05) is 49.6 Å². The summed E-state index contributed by atoms with van der Waals surface area (Å²) in [6.45, 7) is 11.8. The number of benzene rings is 2. The van der Waals surface area contributed by atoms with Crippen molar-refractivity contribution in [3.05, 3.63) is 53.6 Å². The smallest absolute Gasteiger partial charge is 0.410 e. The first-order valence-electron chi connectivity index (χ1n) is 12.1. The minimum absolute atomic E-state index is 0.165. The number of aryl methyl sites for hydroxylation is 1. The largest absolute Gasteiger partial charge is 0.482 e. The van der Waals surface area contributed by atoms with Gasteiger partial charge in [-0.05, 0) is 82.6 Å². The molecule has 0 radical (unpaired) electrons. The van der Waals surface area contributed by atoms with Crippen LogP contribution in [0.25, 0.3) is 0 Å². The van der Waals surface area contributed by atoms with Crippen molar-refractivity contribution in [1.82, 2.24) is 4.90 Å². The molecule has 0 atom stereocenters. The zero-order chi connectivity index (χ0) is 26.3. The van der Waals surface area contributed by atoms with Gasteiger partial charge in [-0.25, -0.2) is 9.59 Å². The predicted molar refractivity (Wildman–Crippen MR) is 138 cm³/mol. The normalized spacial score (nSPS) is 13.7. The Morgan fingerprint density at radius 3 is 2.22 bits per heavy atom. The van der Waals surface area contributed by atoms with E-state index in [2.05, 4.69) is 10.2 Å². The lowest BCUT2D eigenvalue weighted by Crippen LogP contribution is -2.50. The number of hydrogen-bond donors (Lipinski definition) is 1. The van der Waals surface area contributed by atoms with Crippen molar-refractivity contribution in [1.29, 1.82) is 0 Å². The number of nitrogens with zero attached hydrogens (tertiary/aromatic N) is 2. The summed E-state index contributed by atoms with van der Waals surface area (Å²) in [6.07, 6.45) is -0.289. The predicted octanol–water partition coefficient (Wildman–Crippen LogP) is 4.25. The first-order valence-corrected chi connectivity index (χ1v) is 12.1. The molecule has 0 spiro atoms. The van der Waals surface area contributed by atoms with Gasteiger partial charge in [0.1, 0.15) is 11.4 Å². The first-order chi connectivity index (χ1) is 17.1. The molecule has 36 heavy (non-hydrogen) atoms. The highest BCUT2D eigenvalue weighted by Crippen LogP contribution is 2.23. The Bertz CT molecular complexity index is 1070. The van der Waals surface area contributed by atoms with E-state index in [-0.39, 0.29) is 18.6 Å². The van der Waals surface area contributed by atoms with Crippen LogP contribution in [-0.4, -0.2) is 67.9 Å². The highest BCUT2D eigenvalue weighted by molar-refractivity contribution is 6.04. The molecule has 194 valence electrons. The molecule has 2 aromatic rings. The van der Waals surface area contributed by atoms with Gasteiger partial charge >= 0.3 is 12.1 Å². The van der Waals surface area contributed by atoms with Crippen LogP contribution in [0.5, 0.6) is 5.75 Å². The fraction of sp³-hybridized carbons (Fsp3) is 0.444. The molecule has 1 aliphatic heterocycles. The number of hydrogen-bond acceptors (Lipinski definition) is 7. The second-order valence-corrected chi connectivity index (χ2v) is 9.53. The Morgan fingerprint density at radius 2 is 1.64 bits per heavy atom. The molecule has 2 aromatic carbocycles. The number of ether oxygens (including phenoxy) is 3. The van der Waals surface area contributed by atoms with E-state index in [9.17, 15) is 14.4 Å². The number of rotatable bonds is 7. The summed E-state index contributed by atoms with van der Waals surface area (Å²) in [4.78, 5) is 40.4. The van der Waals surface area contributed by atoms with Crippen LogP contribution >= 0.6 is 0 Å². The van der Waals surface area contributed by atoms with Crippen molar-refractivity contribution in [3.8, 4) is 5.75 Å². The molecular weight excluding hydrogens is 462 g/mol. The molecular formula is C27H35N3O6. The first kappa shape index (κ1) is 26.8. The number of esters is 1. The lowest BCUT2D eigenvalue weighted by Gasteiger charge is -2.36. The number of nitrogens with one attached hydrogen (secondary N) is 1. The summed E-state index contributed by atoms with van der Waals surface area (Å²) in [6, 6.07) is 12.6. The van der Waals surface area contributed by atoms with Crippen LogP contribution in [0.1, 0.15) is 43.6 Å². The van der Waals surface area contributed by atoms with E-state index in [1.165, 1.54) is 0 Å². The molecule has 0 bridgehead atoms. The number of carbonyl (C=O) groups excluding carboxylic acids is 3. The Balaban J connectivity index is 1.53. The quantitative estimate of drug-likeness (QED) is 0.571. The van der Waals surface area contributed by atoms with Gasteiger partial charge in [-0.1, -0.05) is 0 Å². The third-order valence-electron chi connectivity index (χ3n) is 5.53. The second-order valence-electron chi connectivity index (χ2n) is 9.53. The van der Waals surface area contributed by atoms with Crippen molar-refractivity contribution in [3.63, 3.8) is 0 Å². The van der Waals surface area contributed by atoms with Gasteiger partial charge in [0.25, 0.3) is 5.91 Å². The van der Waals surface area contributed by atoms with Crippen LogP contribution in [0.3, 0.4) is 0 Å². The Kier molecular flexibility index (Phi) is 8.79. The summed E-state index contributed by atoms with van der Waals surface area (Å²) in [5, 5.41) is 2.92. The maximum atomic E-state index is 12.8. The maximum Gasteiger partial charge on any atom is 0.410 e. The van der Waals surface area contributed by atoms with Gasteiger partial charge in [0.05, 0.1) is 6.61 Å². The summed E-state index contributed by atoms with van der Waals surface area (Å²) < 4.78 is 15.7. The molecule has 1 heterocycles. The van der Waals surface area contributed by atoms with Crippen molar-refractivity contribution in [2.24, 2.45) is 0 Å². The van der Waals surface area contributed by atoms with Crippen molar-refractivity contribution >= 4 is 29.3 Å². The number of piperazine rings is 1. The molecule has 0 unspecified atom stereocenters. The monoisotopic (exact) mass is 497 g/mol. The zero-order valence-corrected chi connectivity index (χ0v) is 21.6. The van der Waals surface area contributed by atoms with E-state index in [0.29, 0.717) is 49.8 Å². The summed E-state index contributed by atoms with van der Waals surface area (Å²) in [5.41, 5.74) is 2.49. The average molecular weight is 498 g/mol. The molecule has 1 saturated heterocycles. The Hall–Kier alpha value is -3.75. The molecule has 9 nitrogen and oxygen atoms in total. The summed E-state index contributed by atoms with van der Waals surface area (Å²) >= 11 is 0. The number of anilines is 2. The summed E-state index contributed by atoms with van der Waals surface area (Å²) in [5.74, 6) is -0.129. The molecule has 1 fully saturated rings. The topological polar surface area (TPSA) is 97.4 Å². The number of carbonyl (C=O) groups is 3. The van der Waals surface area contributed by atoms with Gasteiger partial charge in [0.2, 0.25) is 0 Å². The minimum atomic E-state index is -0.511. The van der Waals surface area contributed by atoms with Gasteiger partial charge in [-0.15, -0.1) is 0 Å². The van der Waals surface area contributed by atoms with Gasteiger partial charge < -0.3 is 29.3 Å². The maximum absolute atomic E-state index is 12.8. The van der Waals surface area contributed by atoms with E-state index in [4.69, 9.17) is 14.2 Å². The van der Waals surface area contributed by atoms with Crippen molar-refractivity contribution < 1.29 is 28.6 Å². The van der Waals surface area contributed by atoms with Crippen LogP contribution in [0.2, 0.25) is 0 Å².